The predicted octanol–water partition coefficient (Wildman–Crippen LogP) is 1.79. The Labute approximate surface area is 106 Å². The third-order valence-corrected chi connectivity index (χ3v) is 4.91. The molecule has 4 nitrogen and oxygen atoms in total. The summed E-state index contributed by atoms with van der Waals surface area (Å²) < 4.78 is 23.2. The Bertz CT molecular complexity index is 482. The number of nitrogens with one attached hydrogen (secondary N) is 1. The molecule has 0 aromatic carbocycles. The van der Waals surface area contributed by atoms with Crippen molar-refractivity contribution in [2.24, 2.45) is 0 Å². The van der Waals surface area contributed by atoms with Crippen molar-refractivity contribution in [3.63, 3.8) is 0 Å². The van der Waals surface area contributed by atoms with E-state index in [1.54, 1.807) is 18.3 Å². The smallest absolute Gasteiger partial charge is 0.179 e. The van der Waals surface area contributed by atoms with Crippen molar-refractivity contribution in [3.05, 3.63) is 18.3 Å². The van der Waals surface area contributed by atoms with E-state index in [-0.39, 0.29) is 0 Å². The molecule has 0 unspecified atom stereocenters. The van der Waals surface area contributed by atoms with Crippen LogP contribution in [0.1, 0.15) is 12.8 Å². The van der Waals surface area contributed by atoms with Crippen LogP contribution in [0.2, 0.25) is 0 Å². The normalized spacial score (nSPS) is 17.9. The molecule has 1 saturated heterocycles. The van der Waals surface area contributed by atoms with Crippen molar-refractivity contribution in [1.82, 2.24) is 4.98 Å². The molecule has 0 spiro atoms. The Morgan fingerprint density at radius 2 is 2.12 bits per heavy atom. The fraction of sp³-hybridized carbons (Fsp3) is 0.545. The van der Waals surface area contributed by atoms with Gasteiger partial charge in [0.05, 0.1) is 0 Å². The fourth-order valence-electron chi connectivity index (χ4n) is 1.83. The fourth-order valence-corrected chi connectivity index (χ4v) is 3.73. The Kier molecular flexibility index (Phi) is 3.93. The highest BCUT2D eigenvalue weighted by Gasteiger charge is 2.18. The lowest BCUT2D eigenvalue weighted by Crippen LogP contribution is -2.25. The lowest BCUT2D eigenvalue weighted by atomic mass is 10.1. The average Bonchev–Trinajstić information content (AvgIpc) is 2.30. The molecule has 0 saturated carbocycles. The summed E-state index contributed by atoms with van der Waals surface area (Å²) in [5.74, 6) is 2.74. The molecule has 2 heterocycles. The Morgan fingerprint density at radius 3 is 2.76 bits per heavy atom. The Morgan fingerprint density at radius 1 is 1.41 bits per heavy atom. The van der Waals surface area contributed by atoms with Gasteiger partial charge < -0.3 is 5.32 Å². The SMILES string of the molecule is CS(=O)(=O)c1cccnc1NC1CCSCC1. The quantitative estimate of drug-likeness (QED) is 0.909. The van der Waals surface area contributed by atoms with Gasteiger partial charge in [-0.05, 0) is 36.5 Å². The molecule has 17 heavy (non-hydrogen) atoms. The number of hydrogen-bond donors (Lipinski definition) is 1. The third kappa shape index (κ3) is 3.35. The van der Waals surface area contributed by atoms with E-state index < -0.39 is 9.84 Å². The summed E-state index contributed by atoms with van der Waals surface area (Å²) in [5.41, 5.74) is 0. The van der Waals surface area contributed by atoms with E-state index in [1.165, 1.54) is 6.26 Å². The van der Waals surface area contributed by atoms with Crippen molar-refractivity contribution in [2.75, 3.05) is 23.1 Å². The van der Waals surface area contributed by atoms with Crippen LogP contribution in [0.4, 0.5) is 5.82 Å². The predicted molar refractivity (Wildman–Crippen MR) is 71.3 cm³/mol. The second-order valence-corrected chi connectivity index (χ2v) is 7.36. The van der Waals surface area contributed by atoms with Crippen LogP contribution in [0.3, 0.4) is 0 Å². The van der Waals surface area contributed by atoms with E-state index in [2.05, 4.69) is 10.3 Å². The first-order chi connectivity index (χ1) is 8.07. The van der Waals surface area contributed by atoms with Gasteiger partial charge in [0.25, 0.3) is 0 Å². The maximum absolute atomic E-state index is 11.6. The van der Waals surface area contributed by atoms with Gasteiger partial charge in [0, 0.05) is 18.5 Å². The summed E-state index contributed by atoms with van der Waals surface area (Å²) in [6.07, 6.45) is 4.95. The molecular weight excluding hydrogens is 256 g/mol. The number of sulfone groups is 1. The third-order valence-electron chi connectivity index (χ3n) is 2.73. The molecule has 1 N–H and O–H groups in total. The second kappa shape index (κ2) is 5.27. The van der Waals surface area contributed by atoms with Gasteiger partial charge in [-0.2, -0.15) is 11.8 Å². The van der Waals surface area contributed by atoms with E-state index in [4.69, 9.17) is 0 Å². The van der Waals surface area contributed by atoms with Gasteiger partial charge in [0.2, 0.25) is 0 Å². The summed E-state index contributed by atoms with van der Waals surface area (Å²) in [6.45, 7) is 0. The number of hydrogen-bond acceptors (Lipinski definition) is 5. The maximum Gasteiger partial charge on any atom is 0.179 e. The largest absolute Gasteiger partial charge is 0.366 e. The number of anilines is 1. The standard InChI is InChI=1S/C11H16N2O2S2/c1-17(14,15)10-3-2-6-12-11(10)13-9-4-7-16-8-5-9/h2-3,6,9H,4-5,7-8H2,1H3,(H,12,13). The Balaban J connectivity index is 2.20. The number of thioether (sulfide) groups is 1. The minimum absolute atomic E-state index is 0.290. The molecule has 1 aliphatic rings. The molecule has 0 aliphatic carbocycles. The molecule has 6 heteroatoms. The number of pyridine rings is 1. The van der Waals surface area contributed by atoms with Crippen LogP contribution in [-0.4, -0.2) is 37.2 Å². The zero-order valence-corrected chi connectivity index (χ0v) is 11.4. The van der Waals surface area contributed by atoms with Crippen molar-refractivity contribution < 1.29 is 8.42 Å². The van der Waals surface area contributed by atoms with Crippen LogP contribution >= 0.6 is 11.8 Å². The van der Waals surface area contributed by atoms with Crippen molar-refractivity contribution >= 4 is 27.4 Å². The van der Waals surface area contributed by atoms with E-state index >= 15 is 0 Å². The van der Waals surface area contributed by atoms with Gasteiger partial charge in [-0.1, -0.05) is 0 Å². The van der Waals surface area contributed by atoms with E-state index in [1.807, 2.05) is 11.8 Å². The molecule has 0 amide bonds. The van der Waals surface area contributed by atoms with Gasteiger partial charge in [-0.3, -0.25) is 0 Å². The average molecular weight is 272 g/mol. The molecule has 1 aliphatic heterocycles. The summed E-state index contributed by atoms with van der Waals surface area (Å²) in [5, 5.41) is 3.25. The topological polar surface area (TPSA) is 59.1 Å². The Hall–Kier alpha value is -0.750. The lowest BCUT2D eigenvalue weighted by Gasteiger charge is -2.23. The molecule has 0 bridgehead atoms. The van der Waals surface area contributed by atoms with Crippen LogP contribution in [0, 0.1) is 0 Å². The summed E-state index contributed by atoms with van der Waals surface area (Å²) >= 11 is 1.94. The molecule has 1 fully saturated rings. The molecule has 2 rings (SSSR count). The molecule has 0 atom stereocenters. The molecule has 0 radical (unpaired) electrons. The molecule has 1 aromatic rings. The van der Waals surface area contributed by atoms with Crippen LogP contribution in [-0.2, 0) is 9.84 Å². The van der Waals surface area contributed by atoms with E-state index in [9.17, 15) is 8.42 Å². The van der Waals surface area contributed by atoms with Crippen LogP contribution < -0.4 is 5.32 Å². The van der Waals surface area contributed by atoms with E-state index in [0.717, 1.165) is 24.3 Å². The lowest BCUT2D eigenvalue weighted by molar-refractivity contribution is 0.600. The minimum Gasteiger partial charge on any atom is -0.366 e. The van der Waals surface area contributed by atoms with Gasteiger partial charge in [-0.25, -0.2) is 13.4 Å². The highest BCUT2D eigenvalue weighted by molar-refractivity contribution is 7.99. The minimum atomic E-state index is -3.21. The van der Waals surface area contributed by atoms with Crippen molar-refractivity contribution in [3.8, 4) is 0 Å². The van der Waals surface area contributed by atoms with Gasteiger partial charge in [0.15, 0.2) is 9.84 Å². The maximum atomic E-state index is 11.6. The van der Waals surface area contributed by atoms with Crippen molar-refractivity contribution in [2.45, 2.75) is 23.8 Å². The second-order valence-electron chi connectivity index (χ2n) is 4.15. The van der Waals surface area contributed by atoms with Crippen LogP contribution in [0.25, 0.3) is 0 Å². The highest BCUT2D eigenvalue weighted by atomic mass is 32.2. The summed E-state index contributed by atoms with van der Waals surface area (Å²) in [7, 11) is -3.21. The van der Waals surface area contributed by atoms with Crippen LogP contribution in [0.5, 0.6) is 0 Å². The molecule has 1 aromatic heterocycles. The zero-order chi connectivity index (χ0) is 12.3. The van der Waals surface area contributed by atoms with Gasteiger partial charge in [-0.15, -0.1) is 0 Å². The number of nitrogens with zero attached hydrogens (tertiary/aromatic N) is 1. The van der Waals surface area contributed by atoms with Crippen LogP contribution in [0.15, 0.2) is 23.2 Å². The highest BCUT2D eigenvalue weighted by Crippen LogP contribution is 2.23. The number of rotatable bonds is 3. The molecular formula is C11H16N2O2S2. The van der Waals surface area contributed by atoms with Gasteiger partial charge >= 0.3 is 0 Å². The first-order valence-corrected chi connectivity index (χ1v) is 8.61. The first-order valence-electron chi connectivity index (χ1n) is 5.57. The van der Waals surface area contributed by atoms with Crippen molar-refractivity contribution in [1.29, 1.82) is 0 Å². The van der Waals surface area contributed by atoms with Gasteiger partial charge in [0.1, 0.15) is 10.7 Å². The summed E-state index contributed by atoms with van der Waals surface area (Å²) in [6, 6.07) is 3.59. The molecule has 94 valence electrons. The zero-order valence-electron chi connectivity index (χ0n) is 9.72. The first kappa shape index (κ1) is 12.7. The monoisotopic (exact) mass is 272 g/mol. The van der Waals surface area contributed by atoms with E-state index in [0.29, 0.717) is 16.8 Å². The number of aromatic nitrogens is 1. The summed E-state index contributed by atoms with van der Waals surface area (Å²) in [4.78, 5) is 4.43.